The van der Waals surface area contributed by atoms with Crippen LogP contribution in [0.25, 0.3) is 0 Å². The van der Waals surface area contributed by atoms with Crippen LogP contribution in [0.5, 0.6) is 11.5 Å². The Kier molecular flexibility index (Phi) is 7.11. The second-order valence-electron chi connectivity index (χ2n) is 6.88. The van der Waals surface area contributed by atoms with Gasteiger partial charge in [-0.3, -0.25) is 10.1 Å². The molecule has 2 N–H and O–H groups in total. The second-order valence-corrected chi connectivity index (χ2v) is 8.13. The molecule has 0 aliphatic rings. The van der Waals surface area contributed by atoms with E-state index in [1.165, 1.54) is 0 Å². The van der Waals surface area contributed by atoms with E-state index in [9.17, 15) is 9.59 Å². The number of urea groups is 1. The summed E-state index contributed by atoms with van der Waals surface area (Å²) >= 11 is 18.2. The van der Waals surface area contributed by atoms with Crippen molar-refractivity contribution in [2.75, 3.05) is 5.32 Å². The molecule has 0 radical (unpaired) electrons. The van der Waals surface area contributed by atoms with E-state index in [0.29, 0.717) is 27.2 Å². The summed E-state index contributed by atoms with van der Waals surface area (Å²) in [4.78, 5) is 24.7. The fraction of sp³-hybridized carbons (Fsp3) is 0.130. The summed E-state index contributed by atoms with van der Waals surface area (Å²) in [5.41, 5.74) is 3.15. The van der Waals surface area contributed by atoms with Crippen molar-refractivity contribution in [3.63, 3.8) is 0 Å². The van der Waals surface area contributed by atoms with E-state index in [0.717, 1.165) is 16.7 Å². The maximum atomic E-state index is 12.4. The van der Waals surface area contributed by atoms with E-state index >= 15 is 0 Å². The highest BCUT2D eigenvalue weighted by atomic mass is 35.5. The lowest BCUT2D eigenvalue weighted by Gasteiger charge is -2.18. The first-order valence-electron chi connectivity index (χ1n) is 9.28. The molecule has 0 heterocycles. The number of rotatable bonds is 4. The van der Waals surface area contributed by atoms with Gasteiger partial charge in [0.2, 0.25) is 0 Å². The Morgan fingerprint density at radius 1 is 0.839 bits per heavy atom. The first-order chi connectivity index (χ1) is 14.7. The Bertz CT molecular complexity index is 1180. The van der Waals surface area contributed by atoms with Crippen LogP contribution in [0.4, 0.5) is 10.5 Å². The SMILES string of the molecule is Cc1cc(Oc2ccc(Cl)cc2Cl)c(C)c(C)c1NC(=O)NC(=O)c1ccccc1Cl. The molecule has 0 saturated carbocycles. The highest BCUT2D eigenvalue weighted by molar-refractivity contribution is 6.35. The monoisotopic (exact) mass is 476 g/mol. The van der Waals surface area contributed by atoms with Gasteiger partial charge in [-0.05, 0) is 73.9 Å². The number of halogens is 3. The molecule has 0 bridgehead atoms. The van der Waals surface area contributed by atoms with Crippen LogP contribution >= 0.6 is 34.8 Å². The molecule has 0 fully saturated rings. The predicted molar refractivity (Wildman–Crippen MR) is 125 cm³/mol. The molecule has 31 heavy (non-hydrogen) atoms. The van der Waals surface area contributed by atoms with Crippen LogP contribution in [0.15, 0.2) is 48.5 Å². The third-order valence-electron chi connectivity index (χ3n) is 4.75. The minimum atomic E-state index is -0.662. The molecule has 3 aromatic rings. The number of carbonyl (C=O) groups is 2. The number of ether oxygens (including phenoxy) is 1. The first-order valence-corrected chi connectivity index (χ1v) is 10.4. The average molecular weight is 478 g/mol. The number of nitrogens with one attached hydrogen (secondary N) is 2. The first kappa shape index (κ1) is 22.9. The third-order valence-corrected chi connectivity index (χ3v) is 5.61. The summed E-state index contributed by atoms with van der Waals surface area (Å²) in [6.07, 6.45) is 0. The lowest BCUT2D eigenvalue weighted by atomic mass is 10.0. The molecule has 0 saturated heterocycles. The molecule has 0 spiro atoms. The number of hydrogen-bond donors (Lipinski definition) is 2. The van der Waals surface area contributed by atoms with Crippen LogP contribution in [-0.2, 0) is 0 Å². The zero-order chi connectivity index (χ0) is 22.7. The molecule has 160 valence electrons. The van der Waals surface area contributed by atoms with E-state index in [1.807, 2.05) is 20.8 Å². The largest absolute Gasteiger partial charge is 0.456 e. The number of aryl methyl sites for hydroxylation is 1. The molecule has 5 nitrogen and oxygen atoms in total. The van der Waals surface area contributed by atoms with E-state index in [4.69, 9.17) is 39.5 Å². The molecule has 0 aliphatic carbocycles. The number of hydrogen-bond acceptors (Lipinski definition) is 3. The van der Waals surface area contributed by atoms with Crippen molar-refractivity contribution < 1.29 is 14.3 Å². The molecule has 0 aliphatic heterocycles. The van der Waals surface area contributed by atoms with Gasteiger partial charge in [-0.1, -0.05) is 46.9 Å². The predicted octanol–water partition coefficient (Wildman–Crippen LogP) is 7.33. The van der Waals surface area contributed by atoms with E-state index in [1.54, 1.807) is 48.5 Å². The summed E-state index contributed by atoms with van der Waals surface area (Å²) < 4.78 is 5.96. The molecule has 0 atom stereocenters. The molecule has 3 rings (SSSR count). The maximum Gasteiger partial charge on any atom is 0.326 e. The average Bonchev–Trinajstić information content (AvgIpc) is 2.71. The van der Waals surface area contributed by atoms with Crippen LogP contribution in [0.2, 0.25) is 15.1 Å². The van der Waals surface area contributed by atoms with Gasteiger partial charge >= 0.3 is 6.03 Å². The van der Waals surface area contributed by atoms with Gasteiger partial charge < -0.3 is 10.1 Å². The normalized spacial score (nSPS) is 10.5. The Morgan fingerprint density at radius 2 is 1.55 bits per heavy atom. The highest BCUT2D eigenvalue weighted by Gasteiger charge is 2.17. The van der Waals surface area contributed by atoms with E-state index < -0.39 is 11.9 Å². The third kappa shape index (κ3) is 5.31. The second kappa shape index (κ2) is 9.60. The quantitative estimate of drug-likeness (QED) is 0.413. The van der Waals surface area contributed by atoms with Gasteiger partial charge in [-0.25, -0.2) is 4.79 Å². The molecule has 0 aromatic heterocycles. The molecule has 3 amide bonds. The standard InChI is InChI=1S/C23H19Cl3N2O3/c1-12-10-20(31-19-9-8-15(24)11-18(19)26)13(2)14(3)21(12)27-23(30)28-22(29)16-6-4-5-7-17(16)25/h4-11H,1-3H3,(H2,27,28,29,30). The summed E-state index contributed by atoms with van der Waals surface area (Å²) in [5, 5.41) is 6.19. The van der Waals surface area contributed by atoms with E-state index in [2.05, 4.69) is 10.6 Å². The van der Waals surface area contributed by atoms with Crippen molar-refractivity contribution >= 4 is 52.4 Å². The zero-order valence-corrected chi connectivity index (χ0v) is 19.2. The molecule has 0 unspecified atom stereocenters. The van der Waals surface area contributed by atoms with Gasteiger partial charge in [0.05, 0.1) is 15.6 Å². The number of carbonyl (C=O) groups excluding carboxylic acids is 2. The number of imide groups is 1. The fourth-order valence-corrected chi connectivity index (χ4v) is 3.65. The fourth-order valence-electron chi connectivity index (χ4n) is 2.98. The lowest BCUT2D eigenvalue weighted by Crippen LogP contribution is -2.35. The lowest BCUT2D eigenvalue weighted by molar-refractivity contribution is 0.0967. The van der Waals surface area contributed by atoms with Gasteiger partial charge in [-0.2, -0.15) is 0 Å². The summed E-state index contributed by atoms with van der Waals surface area (Å²) in [5.74, 6) is 0.474. The zero-order valence-electron chi connectivity index (χ0n) is 17.0. The topological polar surface area (TPSA) is 67.4 Å². The Morgan fingerprint density at radius 3 is 2.23 bits per heavy atom. The van der Waals surface area contributed by atoms with Crippen molar-refractivity contribution in [2.24, 2.45) is 0 Å². The van der Waals surface area contributed by atoms with Crippen LogP contribution in [-0.4, -0.2) is 11.9 Å². The summed E-state index contributed by atoms with van der Waals surface area (Å²) in [6, 6.07) is 12.6. The van der Waals surface area contributed by atoms with Crippen LogP contribution in [0, 0.1) is 20.8 Å². The van der Waals surface area contributed by atoms with Gasteiger partial charge in [0.15, 0.2) is 0 Å². The number of amides is 3. The van der Waals surface area contributed by atoms with E-state index in [-0.39, 0.29) is 10.6 Å². The van der Waals surface area contributed by atoms with Gasteiger partial charge in [0.25, 0.3) is 5.91 Å². The minimum absolute atomic E-state index is 0.215. The summed E-state index contributed by atoms with van der Waals surface area (Å²) in [6.45, 7) is 5.55. The van der Waals surface area contributed by atoms with Crippen LogP contribution < -0.4 is 15.4 Å². The Balaban J connectivity index is 1.79. The summed E-state index contributed by atoms with van der Waals surface area (Å²) in [7, 11) is 0. The van der Waals surface area contributed by atoms with Crippen LogP contribution in [0.3, 0.4) is 0 Å². The van der Waals surface area contributed by atoms with Crippen molar-refractivity contribution in [1.29, 1.82) is 0 Å². The smallest absolute Gasteiger partial charge is 0.326 e. The van der Waals surface area contributed by atoms with Gasteiger partial charge in [-0.15, -0.1) is 0 Å². The molecular formula is C23H19Cl3N2O3. The van der Waals surface area contributed by atoms with Crippen molar-refractivity contribution in [3.05, 3.63) is 85.9 Å². The minimum Gasteiger partial charge on any atom is -0.456 e. The Labute approximate surface area is 195 Å². The molecular weight excluding hydrogens is 459 g/mol. The number of anilines is 1. The molecule has 8 heteroatoms. The number of benzene rings is 3. The van der Waals surface area contributed by atoms with Crippen molar-refractivity contribution in [1.82, 2.24) is 5.32 Å². The van der Waals surface area contributed by atoms with Gasteiger partial charge in [0, 0.05) is 10.7 Å². The maximum absolute atomic E-state index is 12.4. The van der Waals surface area contributed by atoms with Crippen molar-refractivity contribution in [2.45, 2.75) is 20.8 Å². The van der Waals surface area contributed by atoms with Gasteiger partial charge in [0.1, 0.15) is 11.5 Å². The Hall–Kier alpha value is -2.73. The molecule has 3 aromatic carbocycles. The van der Waals surface area contributed by atoms with Crippen LogP contribution in [0.1, 0.15) is 27.0 Å². The highest BCUT2D eigenvalue weighted by Crippen LogP contribution is 2.37. The van der Waals surface area contributed by atoms with Crippen molar-refractivity contribution in [3.8, 4) is 11.5 Å².